The van der Waals surface area contributed by atoms with Crippen LogP contribution in [0.2, 0.25) is 0 Å². The van der Waals surface area contributed by atoms with Crippen molar-refractivity contribution in [1.82, 2.24) is 19.0 Å². The molecule has 2 aromatic heterocycles. The molecule has 166 valence electrons. The molecular formula is C22H23N5O5. The molecule has 1 unspecified atom stereocenters. The first-order chi connectivity index (χ1) is 15.3. The van der Waals surface area contributed by atoms with Gasteiger partial charge in [0.1, 0.15) is 23.1 Å². The van der Waals surface area contributed by atoms with E-state index in [2.05, 4.69) is 10.3 Å². The average molecular weight is 437 g/mol. The zero-order chi connectivity index (χ0) is 23.0. The van der Waals surface area contributed by atoms with E-state index in [1.807, 2.05) is 0 Å². The fourth-order valence-electron chi connectivity index (χ4n) is 3.90. The van der Waals surface area contributed by atoms with Crippen molar-refractivity contribution in [2.75, 3.05) is 19.0 Å². The van der Waals surface area contributed by atoms with Crippen LogP contribution < -0.4 is 21.3 Å². The highest BCUT2D eigenvalue weighted by molar-refractivity contribution is 6.01. The number of carbonyl (C=O) groups is 2. The molecule has 0 spiro atoms. The second-order valence-electron chi connectivity index (χ2n) is 7.65. The molecule has 1 fully saturated rings. The molecule has 4 rings (SSSR count). The predicted octanol–water partition coefficient (Wildman–Crippen LogP) is 0.884. The molecule has 0 saturated carbocycles. The van der Waals surface area contributed by atoms with Crippen LogP contribution in [0.5, 0.6) is 5.75 Å². The number of aryl methyl sites for hydroxylation is 1. The average Bonchev–Trinajstić information content (AvgIpc) is 3.31. The van der Waals surface area contributed by atoms with Gasteiger partial charge in [0.15, 0.2) is 0 Å². The number of nitrogens with one attached hydrogen (secondary N) is 1. The van der Waals surface area contributed by atoms with Crippen LogP contribution in [-0.4, -0.2) is 50.5 Å². The number of aromatic nitrogens is 3. The standard InChI is InChI=1S/C22H23N5O5/c1-25-18-15(20(29)26(2)22(25)31)10-11-16(24-18)21(30)27-12-4-5-17(27)19(28)23-13-6-8-14(32-3)9-7-13/h6-11,17H,4-5,12H2,1-3H3,(H,23,28). The zero-order valence-electron chi connectivity index (χ0n) is 18.0. The van der Waals surface area contributed by atoms with Crippen LogP contribution in [0.4, 0.5) is 5.69 Å². The van der Waals surface area contributed by atoms with Crippen LogP contribution in [0.15, 0.2) is 46.0 Å². The maximum absolute atomic E-state index is 13.2. The number of likely N-dealkylation sites (tertiary alicyclic amines) is 1. The van der Waals surface area contributed by atoms with E-state index in [9.17, 15) is 19.2 Å². The Morgan fingerprint density at radius 1 is 1.06 bits per heavy atom. The van der Waals surface area contributed by atoms with Crippen molar-refractivity contribution in [3.05, 3.63) is 62.9 Å². The number of rotatable bonds is 4. The Balaban J connectivity index is 1.60. The van der Waals surface area contributed by atoms with Crippen LogP contribution in [0.25, 0.3) is 11.0 Å². The van der Waals surface area contributed by atoms with E-state index >= 15 is 0 Å². The number of hydrogen-bond donors (Lipinski definition) is 1. The lowest BCUT2D eigenvalue weighted by Crippen LogP contribution is -2.43. The molecule has 10 heteroatoms. The van der Waals surface area contributed by atoms with Crippen molar-refractivity contribution in [3.63, 3.8) is 0 Å². The van der Waals surface area contributed by atoms with Crippen molar-refractivity contribution >= 4 is 28.5 Å². The quantitative estimate of drug-likeness (QED) is 0.648. The van der Waals surface area contributed by atoms with E-state index in [1.54, 1.807) is 31.4 Å². The molecule has 10 nitrogen and oxygen atoms in total. The minimum atomic E-state index is -0.644. The fraction of sp³-hybridized carbons (Fsp3) is 0.318. The first-order valence-electron chi connectivity index (χ1n) is 10.1. The highest BCUT2D eigenvalue weighted by Gasteiger charge is 2.35. The molecule has 0 aliphatic carbocycles. The third-order valence-electron chi connectivity index (χ3n) is 5.69. The Morgan fingerprint density at radius 2 is 1.78 bits per heavy atom. The van der Waals surface area contributed by atoms with Gasteiger partial charge in [-0.1, -0.05) is 0 Å². The smallest absolute Gasteiger partial charge is 0.332 e. The van der Waals surface area contributed by atoms with Gasteiger partial charge in [-0.3, -0.25) is 23.5 Å². The molecule has 32 heavy (non-hydrogen) atoms. The van der Waals surface area contributed by atoms with Crippen molar-refractivity contribution in [1.29, 1.82) is 0 Å². The molecule has 1 N–H and O–H groups in total. The number of benzene rings is 1. The van der Waals surface area contributed by atoms with Gasteiger partial charge in [0, 0.05) is 26.3 Å². The molecule has 1 aromatic carbocycles. The first kappa shape index (κ1) is 21.3. The van der Waals surface area contributed by atoms with Crippen LogP contribution in [0, 0.1) is 0 Å². The number of ether oxygens (including phenoxy) is 1. The minimum absolute atomic E-state index is 0.0740. The number of methoxy groups -OCH3 is 1. The number of pyridine rings is 1. The summed E-state index contributed by atoms with van der Waals surface area (Å²) in [7, 11) is 4.44. The lowest BCUT2D eigenvalue weighted by Gasteiger charge is -2.24. The second-order valence-corrected chi connectivity index (χ2v) is 7.65. The molecular weight excluding hydrogens is 414 g/mol. The Hall–Kier alpha value is -3.95. The van der Waals surface area contributed by atoms with Crippen LogP contribution in [0.1, 0.15) is 23.3 Å². The zero-order valence-corrected chi connectivity index (χ0v) is 18.0. The summed E-state index contributed by atoms with van der Waals surface area (Å²) in [5, 5.41) is 3.07. The fourth-order valence-corrected chi connectivity index (χ4v) is 3.90. The first-order valence-corrected chi connectivity index (χ1v) is 10.1. The normalized spacial score (nSPS) is 15.7. The summed E-state index contributed by atoms with van der Waals surface area (Å²) in [5.41, 5.74) is -0.206. The molecule has 1 saturated heterocycles. The summed E-state index contributed by atoms with van der Waals surface area (Å²) in [6.45, 7) is 0.411. The molecule has 3 heterocycles. The van der Waals surface area contributed by atoms with Gasteiger partial charge in [0.25, 0.3) is 11.5 Å². The van der Waals surface area contributed by atoms with E-state index in [0.29, 0.717) is 30.8 Å². The SMILES string of the molecule is COc1ccc(NC(=O)C2CCCN2C(=O)c2ccc3c(=O)n(C)c(=O)n(C)c3n2)cc1. The summed E-state index contributed by atoms with van der Waals surface area (Å²) in [5.74, 6) is -0.0391. The van der Waals surface area contributed by atoms with Gasteiger partial charge in [0.05, 0.1) is 12.5 Å². The number of carbonyl (C=O) groups excluding carboxylic acids is 2. The summed E-state index contributed by atoms with van der Waals surface area (Å²) in [4.78, 5) is 56.4. The third-order valence-corrected chi connectivity index (χ3v) is 5.69. The van der Waals surface area contributed by atoms with Crippen molar-refractivity contribution in [2.24, 2.45) is 14.1 Å². The molecule has 3 aromatic rings. The second kappa shape index (κ2) is 8.29. The highest BCUT2D eigenvalue weighted by Crippen LogP contribution is 2.23. The number of nitrogens with zero attached hydrogens (tertiary/aromatic N) is 4. The molecule has 2 amide bonds. The van der Waals surface area contributed by atoms with Crippen LogP contribution in [-0.2, 0) is 18.9 Å². The molecule has 1 aliphatic heterocycles. The van der Waals surface area contributed by atoms with Crippen molar-refractivity contribution in [3.8, 4) is 5.75 Å². The van der Waals surface area contributed by atoms with Gasteiger partial charge < -0.3 is 15.0 Å². The molecule has 1 aliphatic rings. The topological polar surface area (TPSA) is 116 Å². The lowest BCUT2D eigenvalue weighted by atomic mass is 10.2. The van der Waals surface area contributed by atoms with Gasteiger partial charge >= 0.3 is 5.69 Å². The van der Waals surface area contributed by atoms with E-state index in [1.165, 1.54) is 35.7 Å². The third kappa shape index (κ3) is 3.64. The minimum Gasteiger partial charge on any atom is -0.497 e. The highest BCUT2D eigenvalue weighted by atomic mass is 16.5. The van der Waals surface area contributed by atoms with E-state index in [4.69, 9.17) is 4.74 Å². The van der Waals surface area contributed by atoms with Crippen LogP contribution in [0.3, 0.4) is 0 Å². The Morgan fingerprint density at radius 3 is 2.47 bits per heavy atom. The van der Waals surface area contributed by atoms with Gasteiger partial charge in [-0.2, -0.15) is 0 Å². The van der Waals surface area contributed by atoms with E-state index < -0.39 is 23.2 Å². The van der Waals surface area contributed by atoms with Gasteiger partial charge in [-0.15, -0.1) is 0 Å². The number of amides is 2. The Labute approximate surface area is 183 Å². The van der Waals surface area contributed by atoms with Gasteiger partial charge in [-0.25, -0.2) is 9.78 Å². The Kier molecular flexibility index (Phi) is 5.52. The molecule has 0 bridgehead atoms. The molecule has 0 radical (unpaired) electrons. The maximum atomic E-state index is 13.2. The summed E-state index contributed by atoms with van der Waals surface area (Å²) < 4.78 is 7.34. The summed E-state index contributed by atoms with van der Waals surface area (Å²) in [6.07, 6.45) is 1.21. The van der Waals surface area contributed by atoms with Gasteiger partial charge in [-0.05, 0) is 49.2 Å². The number of hydrogen-bond acceptors (Lipinski definition) is 6. The van der Waals surface area contributed by atoms with E-state index in [-0.39, 0.29) is 22.6 Å². The largest absolute Gasteiger partial charge is 0.497 e. The van der Waals surface area contributed by atoms with Crippen molar-refractivity contribution < 1.29 is 14.3 Å². The Bertz CT molecular complexity index is 1330. The predicted molar refractivity (Wildman–Crippen MR) is 118 cm³/mol. The summed E-state index contributed by atoms with van der Waals surface area (Å²) in [6, 6.07) is 9.22. The van der Waals surface area contributed by atoms with E-state index in [0.717, 1.165) is 4.57 Å². The monoisotopic (exact) mass is 437 g/mol. The molecule has 1 atom stereocenters. The summed E-state index contributed by atoms with van der Waals surface area (Å²) >= 11 is 0. The van der Waals surface area contributed by atoms with Gasteiger partial charge in [0.2, 0.25) is 5.91 Å². The van der Waals surface area contributed by atoms with Crippen LogP contribution >= 0.6 is 0 Å². The van der Waals surface area contributed by atoms with Crippen molar-refractivity contribution in [2.45, 2.75) is 18.9 Å². The maximum Gasteiger partial charge on any atom is 0.332 e. The number of anilines is 1. The lowest BCUT2D eigenvalue weighted by molar-refractivity contribution is -0.119. The number of fused-ring (bicyclic) bond motifs is 1.